The summed E-state index contributed by atoms with van der Waals surface area (Å²) < 4.78 is 7.38. The molecule has 29 heavy (non-hydrogen) atoms. The average molecular weight is 388 g/mol. The summed E-state index contributed by atoms with van der Waals surface area (Å²) in [6, 6.07) is 8.66. The SMILES string of the molecule is N#Cc1cccc(-c2cnc(C(=O)N[C@@H]3C[C@@H](Cn4cnnc4)N(C#N)C3)o2)c1. The molecule has 10 nitrogen and oxygen atoms in total. The predicted octanol–water partition coefficient (Wildman–Crippen LogP) is 1.16. The number of benzene rings is 1. The largest absolute Gasteiger partial charge is 0.432 e. The molecule has 0 aliphatic carbocycles. The van der Waals surface area contributed by atoms with E-state index in [0.29, 0.717) is 36.4 Å². The van der Waals surface area contributed by atoms with Crippen molar-refractivity contribution in [2.24, 2.45) is 0 Å². The van der Waals surface area contributed by atoms with Gasteiger partial charge in [0, 0.05) is 24.7 Å². The topological polar surface area (TPSA) is 137 Å². The molecule has 1 aromatic carbocycles. The zero-order chi connectivity index (χ0) is 20.2. The molecule has 144 valence electrons. The second-order valence-electron chi connectivity index (χ2n) is 6.69. The van der Waals surface area contributed by atoms with Crippen LogP contribution in [0.2, 0.25) is 0 Å². The molecule has 4 rings (SSSR count). The monoisotopic (exact) mass is 388 g/mol. The minimum absolute atomic E-state index is 0.0601. The summed E-state index contributed by atoms with van der Waals surface area (Å²) in [5, 5.41) is 28.8. The van der Waals surface area contributed by atoms with E-state index < -0.39 is 5.91 Å². The van der Waals surface area contributed by atoms with E-state index in [1.807, 2.05) is 0 Å². The molecule has 3 aromatic rings. The first kappa shape index (κ1) is 18.2. The third kappa shape index (κ3) is 3.92. The summed E-state index contributed by atoms with van der Waals surface area (Å²) >= 11 is 0. The number of aromatic nitrogens is 4. The summed E-state index contributed by atoms with van der Waals surface area (Å²) in [6.45, 7) is 0.970. The predicted molar refractivity (Wildman–Crippen MR) is 98.7 cm³/mol. The fraction of sp³-hybridized carbons (Fsp3) is 0.263. The molecule has 1 aliphatic heterocycles. The van der Waals surface area contributed by atoms with Crippen LogP contribution in [0.1, 0.15) is 22.7 Å². The van der Waals surface area contributed by atoms with Crippen LogP contribution in [0.5, 0.6) is 0 Å². The summed E-state index contributed by atoms with van der Waals surface area (Å²) in [5.41, 5.74) is 1.16. The minimum atomic E-state index is -0.444. The number of carbonyl (C=O) groups is 1. The van der Waals surface area contributed by atoms with E-state index in [9.17, 15) is 10.1 Å². The van der Waals surface area contributed by atoms with Crippen molar-refractivity contribution in [1.29, 1.82) is 10.5 Å². The fourth-order valence-electron chi connectivity index (χ4n) is 3.38. The normalized spacial score (nSPS) is 18.2. The molecule has 1 aliphatic rings. The third-order valence-corrected chi connectivity index (χ3v) is 4.74. The maximum Gasteiger partial charge on any atom is 0.307 e. The van der Waals surface area contributed by atoms with Gasteiger partial charge < -0.3 is 19.2 Å². The van der Waals surface area contributed by atoms with Crippen molar-refractivity contribution in [2.45, 2.75) is 25.0 Å². The Bertz CT molecular complexity index is 1090. The molecule has 1 N–H and O–H groups in total. The number of hydrogen-bond acceptors (Lipinski definition) is 8. The van der Waals surface area contributed by atoms with Crippen molar-refractivity contribution in [1.82, 2.24) is 30.0 Å². The van der Waals surface area contributed by atoms with Gasteiger partial charge in [0.1, 0.15) is 12.7 Å². The molecular formula is C19H16N8O2. The van der Waals surface area contributed by atoms with Crippen molar-refractivity contribution >= 4 is 5.91 Å². The van der Waals surface area contributed by atoms with E-state index >= 15 is 0 Å². The van der Waals surface area contributed by atoms with E-state index in [0.717, 1.165) is 0 Å². The highest BCUT2D eigenvalue weighted by Crippen LogP contribution is 2.22. The molecule has 1 amide bonds. The lowest BCUT2D eigenvalue weighted by Gasteiger charge is -2.17. The van der Waals surface area contributed by atoms with Gasteiger partial charge in [-0.1, -0.05) is 12.1 Å². The molecule has 0 unspecified atom stereocenters. The van der Waals surface area contributed by atoms with Crippen LogP contribution in [0.4, 0.5) is 0 Å². The summed E-state index contributed by atoms with van der Waals surface area (Å²) in [7, 11) is 0. The molecule has 2 aromatic heterocycles. The number of nitriles is 2. The number of rotatable bonds is 5. The fourth-order valence-corrected chi connectivity index (χ4v) is 3.38. The van der Waals surface area contributed by atoms with Gasteiger partial charge in [0.2, 0.25) is 0 Å². The van der Waals surface area contributed by atoms with Crippen molar-refractivity contribution in [2.75, 3.05) is 6.54 Å². The second-order valence-corrected chi connectivity index (χ2v) is 6.69. The number of nitrogens with one attached hydrogen (secondary N) is 1. The Morgan fingerprint density at radius 3 is 2.90 bits per heavy atom. The summed E-state index contributed by atoms with van der Waals surface area (Å²) in [5.74, 6) is -0.100. The Hall–Kier alpha value is -4.18. The first-order chi connectivity index (χ1) is 14.2. The Kier molecular flexibility index (Phi) is 4.91. The number of hydrogen-bond donors (Lipinski definition) is 1. The molecule has 1 fully saturated rings. The lowest BCUT2D eigenvalue weighted by atomic mass is 10.1. The number of nitrogens with zero attached hydrogens (tertiary/aromatic N) is 7. The highest BCUT2D eigenvalue weighted by Gasteiger charge is 2.33. The van der Waals surface area contributed by atoms with Crippen LogP contribution in [0.3, 0.4) is 0 Å². The van der Waals surface area contributed by atoms with Gasteiger partial charge in [-0.3, -0.25) is 4.79 Å². The van der Waals surface area contributed by atoms with Crippen LogP contribution in [0.15, 0.2) is 47.5 Å². The molecule has 0 saturated carbocycles. The third-order valence-electron chi connectivity index (χ3n) is 4.74. The molecule has 2 atom stereocenters. The summed E-state index contributed by atoms with van der Waals surface area (Å²) in [4.78, 5) is 18.2. The highest BCUT2D eigenvalue weighted by molar-refractivity contribution is 5.90. The van der Waals surface area contributed by atoms with Gasteiger partial charge in [0.05, 0.1) is 23.9 Å². The Labute approximate surface area is 166 Å². The molecule has 3 heterocycles. The molecular weight excluding hydrogens is 372 g/mol. The summed E-state index contributed by atoms with van der Waals surface area (Å²) in [6.07, 6.45) is 7.42. The Morgan fingerprint density at radius 2 is 2.14 bits per heavy atom. The zero-order valence-electron chi connectivity index (χ0n) is 15.3. The Balaban J connectivity index is 1.41. The van der Waals surface area contributed by atoms with Gasteiger partial charge >= 0.3 is 5.91 Å². The number of oxazole rings is 1. The molecule has 10 heteroatoms. The van der Waals surface area contributed by atoms with Crippen molar-refractivity contribution in [3.05, 3.63) is 54.6 Å². The van der Waals surface area contributed by atoms with E-state index in [2.05, 4.69) is 32.8 Å². The van der Waals surface area contributed by atoms with Crippen LogP contribution in [0.25, 0.3) is 11.3 Å². The van der Waals surface area contributed by atoms with E-state index in [1.165, 1.54) is 6.20 Å². The van der Waals surface area contributed by atoms with Gasteiger partial charge in [-0.15, -0.1) is 10.2 Å². The van der Waals surface area contributed by atoms with Gasteiger partial charge in [0.15, 0.2) is 12.0 Å². The van der Waals surface area contributed by atoms with Crippen LogP contribution in [0, 0.1) is 22.8 Å². The van der Waals surface area contributed by atoms with Crippen LogP contribution in [-0.2, 0) is 6.54 Å². The van der Waals surface area contributed by atoms with E-state index in [4.69, 9.17) is 9.68 Å². The molecule has 0 bridgehead atoms. The van der Waals surface area contributed by atoms with Gasteiger partial charge in [0.25, 0.3) is 5.89 Å². The first-order valence-corrected chi connectivity index (χ1v) is 8.92. The quantitative estimate of drug-likeness (QED) is 0.643. The number of carbonyl (C=O) groups excluding carboxylic acids is 1. The maximum atomic E-state index is 12.5. The average Bonchev–Trinajstić information content (AvgIpc) is 3.49. The van der Waals surface area contributed by atoms with Crippen molar-refractivity contribution in [3.8, 4) is 23.6 Å². The smallest absolute Gasteiger partial charge is 0.307 e. The van der Waals surface area contributed by atoms with Crippen molar-refractivity contribution in [3.63, 3.8) is 0 Å². The van der Waals surface area contributed by atoms with Crippen LogP contribution < -0.4 is 5.32 Å². The van der Waals surface area contributed by atoms with E-state index in [1.54, 1.807) is 46.4 Å². The van der Waals surface area contributed by atoms with Crippen molar-refractivity contribution < 1.29 is 9.21 Å². The van der Waals surface area contributed by atoms with Crippen LogP contribution in [-0.4, -0.2) is 49.2 Å². The minimum Gasteiger partial charge on any atom is -0.432 e. The van der Waals surface area contributed by atoms with E-state index in [-0.39, 0.29) is 18.0 Å². The number of likely N-dealkylation sites (tertiary alicyclic amines) is 1. The lowest BCUT2D eigenvalue weighted by Crippen LogP contribution is -2.36. The molecule has 0 spiro atoms. The standard InChI is InChI=1S/C19H16N8O2/c20-6-13-2-1-3-14(4-13)17-7-22-19(29-17)18(28)25-15-5-16(27(8-15)10-21)9-26-11-23-24-12-26/h1-4,7,11-12,15-16H,5,8-9H2,(H,25,28)/t15-,16+/m1/s1. The van der Waals surface area contributed by atoms with Gasteiger partial charge in [-0.25, -0.2) is 4.98 Å². The highest BCUT2D eigenvalue weighted by atomic mass is 16.4. The lowest BCUT2D eigenvalue weighted by molar-refractivity contribution is 0.0904. The second kappa shape index (κ2) is 7.82. The van der Waals surface area contributed by atoms with Crippen LogP contribution >= 0.6 is 0 Å². The molecule has 0 radical (unpaired) electrons. The van der Waals surface area contributed by atoms with Gasteiger partial charge in [-0.2, -0.15) is 10.5 Å². The zero-order valence-corrected chi connectivity index (χ0v) is 15.3. The van der Waals surface area contributed by atoms with Gasteiger partial charge in [-0.05, 0) is 18.6 Å². The number of amides is 1. The maximum absolute atomic E-state index is 12.5. The molecule has 1 saturated heterocycles. The first-order valence-electron chi connectivity index (χ1n) is 8.92. The Morgan fingerprint density at radius 1 is 1.31 bits per heavy atom.